The molecule has 0 N–H and O–H groups in total. The van der Waals surface area contributed by atoms with Gasteiger partial charge in [0, 0.05) is 23.4 Å². The first-order valence-electron chi connectivity index (χ1n) is 13.1. The predicted molar refractivity (Wildman–Crippen MR) is 143 cm³/mol. The van der Waals surface area contributed by atoms with E-state index in [1.807, 2.05) is 38.1 Å². The molecule has 0 atom stereocenters. The van der Waals surface area contributed by atoms with Crippen molar-refractivity contribution in [2.75, 3.05) is 13.2 Å². The monoisotopic (exact) mass is 506 g/mol. The zero-order valence-corrected chi connectivity index (χ0v) is 22.6. The average Bonchev–Trinajstić information content (AvgIpc) is 3.48. The molecule has 37 heavy (non-hydrogen) atoms. The van der Waals surface area contributed by atoms with Gasteiger partial charge in [0.05, 0.1) is 26.0 Å². The summed E-state index contributed by atoms with van der Waals surface area (Å²) < 4.78 is 12.5. The Labute approximate surface area is 219 Å². The van der Waals surface area contributed by atoms with Gasteiger partial charge in [-0.05, 0) is 75.9 Å². The van der Waals surface area contributed by atoms with Gasteiger partial charge in [-0.3, -0.25) is 9.59 Å². The van der Waals surface area contributed by atoms with Crippen LogP contribution in [0.15, 0.2) is 47.1 Å². The third-order valence-electron chi connectivity index (χ3n) is 6.65. The van der Waals surface area contributed by atoms with E-state index in [0.29, 0.717) is 40.4 Å². The number of unbranched alkanes of at least 4 members (excludes halogenated alkanes) is 2. The third-order valence-corrected chi connectivity index (χ3v) is 6.65. The zero-order chi connectivity index (χ0) is 26.9. The Hall–Kier alpha value is -3.61. The maximum absolute atomic E-state index is 13.6. The van der Waals surface area contributed by atoms with E-state index < -0.39 is 5.97 Å². The highest BCUT2D eigenvalue weighted by molar-refractivity contribution is 6.06. The summed E-state index contributed by atoms with van der Waals surface area (Å²) in [5, 5.41) is 0. The van der Waals surface area contributed by atoms with Gasteiger partial charge in [-0.15, -0.1) is 0 Å². The van der Waals surface area contributed by atoms with Crippen molar-refractivity contribution in [1.82, 2.24) is 9.47 Å². The van der Waals surface area contributed by atoms with Gasteiger partial charge in [0.15, 0.2) is 5.78 Å². The van der Waals surface area contributed by atoms with Crippen LogP contribution in [0.1, 0.15) is 93.8 Å². The van der Waals surface area contributed by atoms with Crippen molar-refractivity contribution < 1.29 is 23.5 Å². The zero-order valence-electron chi connectivity index (χ0n) is 22.6. The molecular formula is C30H38N2O5. The third kappa shape index (κ3) is 6.59. The molecule has 0 bridgehead atoms. The fourth-order valence-electron chi connectivity index (χ4n) is 4.78. The van der Waals surface area contributed by atoms with Crippen LogP contribution in [0.3, 0.4) is 0 Å². The van der Waals surface area contributed by atoms with E-state index in [-0.39, 0.29) is 31.4 Å². The van der Waals surface area contributed by atoms with Gasteiger partial charge in [0.2, 0.25) is 0 Å². The molecule has 1 aromatic carbocycles. The molecule has 3 rings (SSSR count). The Bertz CT molecular complexity index is 1210. The summed E-state index contributed by atoms with van der Waals surface area (Å²) in [6.45, 7) is 10.2. The quantitative estimate of drug-likeness (QED) is 0.158. The molecule has 0 spiro atoms. The van der Waals surface area contributed by atoms with Crippen molar-refractivity contribution in [2.24, 2.45) is 0 Å². The number of nitrogens with zero attached hydrogens (tertiary/aromatic N) is 2. The standard InChI is InChI=1S/C30H38N2O5/c1-6-9-10-12-23-14-16-24(17-15-23)29(34)31(19-25-13-11-18-37-25)20-26(33)27-21(4)28(30(35)36-8-3)32(7-2)22(27)5/h11,13-18H,6-10,12,19-20H2,1-5H3. The summed E-state index contributed by atoms with van der Waals surface area (Å²) in [4.78, 5) is 41.3. The highest BCUT2D eigenvalue weighted by atomic mass is 16.5. The van der Waals surface area contributed by atoms with Gasteiger partial charge in [-0.2, -0.15) is 0 Å². The normalized spacial score (nSPS) is 10.9. The van der Waals surface area contributed by atoms with Gasteiger partial charge < -0.3 is 18.6 Å². The molecule has 1 amide bonds. The van der Waals surface area contributed by atoms with E-state index in [9.17, 15) is 14.4 Å². The van der Waals surface area contributed by atoms with Crippen LogP contribution >= 0.6 is 0 Å². The van der Waals surface area contributed by atoms with Crippen molar-refractivity contribution in [3.05, 3.63) is 82.1 Å². The minimum Gasteiger partial charge on any atom is -0.467 e. The number of aryl methyl sites for hydroxylation is 1. The van der Waals surface area contributed by atoms with Crippen molar-refractivity contribution in [3.63, 3.8) is 0 Å². The van der Waals surface area contributed by atoms with Crippen molar-refractivity contribution in [2.45, 2.75) is 73.4 Å². The maximum atomic E-state index is 13.6. The molecule has 0 aliphatic heterocycles. The van der Waals surface area contributed by atoms with Crippen LogP contribution in [0.4, 0.5) is 0 Å². The summed E-state index contributed by atoms with van der Waals surface area (Å²) in [5.41, 5.74) is 3.81. The molecule has 3 aromatic rings. The lowest BCUT2D eigenvalue weighted by molar-refractivity contribution is 0.0512. The second-order valence-corrected chi connectivity index (χ2v) is 9.22. The van der Waals surface area contributed by atoms with E-state index in [4.69, 9.17) is 9.15 Å². The van der Waals surface area contributed by atoms with Gasteiger partial charge in [-0.1, -0.05) is 31.9 Å². The number of rotatable bonds is 13. The summed E-state index contributed by atoms with van der Waals surface area (Å²) in [6, 6.07) is 11.2. The smallest absolute Gasteiger partial charge is 0.355 e. The van der Waals surface area contributed by atoms with E-state index in [0.717, 1.165) is 19.3 Å². The molecule has 0 saturated heterocycles. The van der Waals surface area contributed by atoms with Crippen molar-refractivity contribution >= 4 is 17.7 Å². The number of benzene rings is 1. The highest BCUT2D eigenvalue weighted by Crippen LogP contribution is 2.25. The van der Waals surface area contributed by atoms with Crippen LogP contribution in [0.5, 0.6) is 0 Å². The summed E-state index contributed by atoms with van der Waals surface area (Å²) >= 11 is 0. The number of ketones is 1. The van der Waals surface area contributed by atoms with E-state index >= 15 is 0 Å². The summed E-state index contributed by atoms with van der Waals surface area (Å²) in [5.74, 6) is -0.347. The molecule has 7 heteroatoms. The van der Waals surface area contributed by atoms with Gasteiger partial charge in [-0.25, -0.2) is 4.79 Å². The molecule has 0 fully saturated rings. The lowest BCUT2D eigenvalue weighted by Crippen LogP contribution is -2.35. The topological polar surface area (TPSA) is 81.8 Å². The Balaban J connectivity index is 1.89. The number of hydrogen-bond donors (Lipinski definition) is 0. The molecular weight excluding hydrogens is 468 g/mol. The Morgan fingerprint density at radius 3 is 2.32 bits per heavy atom. The first-order chi connectivity index (χ1) is 17.8. The summed E-state index contributed by atoms with van der Waals surface area (Å²) in [7, 11) is 0. The lowest BCUT2D eigenvalue weighted by atomic mass is 10.0. The fourth-order valence-corrected chi connectivity index (χ4v) is 4.78. The molecule has 2 aromatic heterocycles. The van der Waals surface area contributed by atoms with Gasteiger partial charge in [0.1, 0.15) is 11.5 Å². The van der Waals surface area contributed by atoms with Crippen LogP contribution in [0, 0.1) is 13.8 Å². The SMILES string of the molecule is CCCCCc1ccc(C(=O)N(CC(=O)c2c(C)c(C(=O)OCC)n(CC)c2C)Cc2ccco2)cc1. The van der Waals surface area contributed by atoms with Crippen LogP contribution in [0.2, 0.25) is 0 Å². The molecule has 0 saturated carbocycles. The minimum atomic E-state index is -0.452. The number of furan rings is 1. The predicted octanol–water partition coefficient (Wildman–Crippen LogP) is 6.15. The Kier molecular flexibility index (Phi) is 9.89. The second kappa shape index (κ2) is 13.1. The van der Waals surface area contributed by atoms with Crippen LogP contribution in [0.25, 0.3) is 0 Å². The molecule has 7 nitrogen and oxygen atoms in total. The highest BCUT2D eigenvalue weighted by Gasteiger charge is 2.29. The largest absolute Gasteiger partial charge is 0.467 e. The lowest BCUT2D eigenvalue weighted by Gasteiger charge is -2.21. The number of carbonyl (C=O) groups excluding carboxylic acids is 3. The number of amides is 1. The molecule has 0 aliphatic rings. The molecule has 2 heterocycles. The van der Waals surface area contributed by atoms with E-state index in [2.05, 4.69) is 6.92 Å². The molecule has 0 unspecified atom stereocenters. The first-order valence-corrected chi connectivity index (χ1v) is 13.1. The number of ether oxygens (including phenoxy) is 1. The van der Waals surface area contributed by atoms with Gasteiger partial charge >= 0.3 is 5.97 Å². The minimum absolute atomic E-state index is 0.143. The van der Waals surface area contributed by atoms with Crippen molar-refractivity contribution in [1.29, 1.82) is 0 Å². The van der Waals surface area contributed by atoms with Crippen LogP contribution in [-0.4, -0.2) is 40.3 Å². The van der Waals surface area contributed by atoms with E-state index in [1.54, 1.807) is 36.8 Å². The number of hydrogen-bond acceptors (Lipinski definition) is 5. The van der Waals surface area contributed by atoms with Crippen LogP contribution < -0.4 is 0 Å². The molecule has 0 aliphatic carbocycles. The maximum Gasteiger partial charge on any atom is 0.355 e. The van der Waals surface area contributed by atoms with Crippen LogP contribution in [-0.2, 0) is 24.2 Å². The summed E-state index contributed by atoms with van der Waals surface area (Å²) in [6.07, 6.45) is 5.98. The molecule has 0 radical (unpaired) electrons. The Morgan fingerprint density at radius 1 is 1.00 bits per heavy atom. The van der Waals surface area contributed by atoms with Crippen molar-refractivity contribution in [3.8, 4) is 0 Å². The Morgan fingerprint density at radius 2 is 1.73 bits per heavy atom. The number of esters is 1. The fraction of sp³-hybridized carbons (Fsp3) is 0.433. The first kappa shape index (κ1) is 28.0. The van der Waals surface area contributed by atoms with E-state index in [1.165, 1.54) is 16.9 Å². The average molecular weight is 507 g/mol. The second-order valence-electron chi connectivity index (χ2n) is 9.22. The van der Waals surface area contributed by atoms with Gasteiger partial charge in [0.25, 0.3) is 5.91 Å². The number of carbonyl (C=O) groups is 3. The number of Topliss-reactive ketones (excluding diaryl/α,β-unsaturated/α-hetero) is 1. The molecule has 198 valence electrons. The number of aromatic nitrogens is 1.